The number of nitrogens with two attached hydrogens (primary N) is 1. The van der Waals surface area contributed by atoms with E-state index in [-0.39, 0.29) is 17.4 Å². The van der Waals surface area contributed by atoms with Crippen LogP contribution in [0.2, 0.25) is 0 Å². The minimum Gasteiger partial charge on any atom is -0.378 e. The van der Waals surface area contributed by atoms with Gasteiger partial charge in [-0.3, -0.25) is 4.79 Å². The lowest BCUT2D eigenvalue weighted by Gasteiger charge is -2.57. The first kappa shape index (κ1) is 15.3. The maximum absolute atomic E-state index is 12.8. The second-order valence-corrected chi connectivity index (χ2v) is 7.35. The topological polar surface area (TPSA) is 55.6 Å². The third-order valence-electron chi connectivity index (χ3n) is 6.28. The Balaban J connectivity index is 1.67. The van der Waals surface area contributed by atoms with E-state index in [0.29, 0.717) is 18.1 Å². The molecule has 0 aromatic rings. The van der Waals surface area contributed by atoms with Crippen LogP contribution in [-0.4, -0.2) is 42.6 Å². The van der Waals surface area contributed by atoms with Crippen LogP contribution in [0.25, 0.3) is 0 Å². The molecule has 0 aromatic carbocycles. The van der Waals surface area contributed by atoms with Gasteiger partial charge in [0.15, 0.2) is 0 Å². The number of ether oxygens (including phenoxy) is 1. The van der Waals surface area contributed by atoms with Crippen LogP contribution in [0.4, 0.5) is 0 Å². The van der Waals surface area contributed by atoms with Crippen LogP contribution < -0.4 is 5.73 Å². The molecule has 3 saturated carbocycles. The molecule has 21 heavy (non-hydrogen) atoms. The van der Waals surface area contributed by atoms with E-state index in [1.165, 1.54) is 25.7 Å². The molecular formula is C17H30N2O2. The normalized spacial score (nSPS) is 37.7. The summed E-state index contributed by atoms with van der Waals surface area (Å²) >= 11 is 0. The summed E-state index contributed by atoms with van der Waals surface area (Å²) in [5.41, 5.74) is 6.22. The summed E-state index contributed by atoms with van der Waals surface area (Å²) in [7, 11) is 2.01. The van der Waals surface area contributed by atoms with Gasteiger partial charge in [-0.1, -0.05) is 12.8 Å². The first-order valence-electron chi connectivity index (χ1n) is 8.72. The number of carbonyl (C=O) groups is 1. The van der Waals surface area contributed by atoms with E-state index in [1.54, 1.807) is 0 Å². The molecule has 0 radical (unpaired) electrons. The van der Waals surface area contributed by atoms with E-state index >= 15 is 0 Å². The lowest BCUT2D eigenvalue weighted by atomic mass is 9.60. The maximum Gasteiger partial charge on any atom is 0.225 e. The fourth-order valence-electron chi connectivity index (χ4n) is 5.08. The number of nitrogens with zero attached hydrogens (tertiary/aromatic N) is 1. The van der Waals surface area contributed by atoms with Crippen molar-refractivity contribution in [3.63, 3.8) is 0 Å². The first-order valence-corrected chi connectivity index (χ1v) is 8.72. The quantitative estimate of drug-likeness (QED) is 0.865. The van der Waals surface area contributed by atoms with Crippen LogP contribution in [0.15, 0.2) is 0 Å². The van der Waals surface area contributed by atoms with E-state index in [4.69, 9.17) is 10.5 Å². The number of hydrogen-bond acceptors (Lipinski definition) is 3. The van der Waals surface area contributed by atoms with Crippen LogP contribution in [0.1, 0.15) is 58.3 Å². The number of hydrogen-bond donors (Lipinski definition) is 1. The molecule has 3 aliphatic rings. The minimum absolute atomic E-state index is 0.162. The Morgan fingerprint density at radius 2 is 2.00 bits per heavy atom. The van der Waals surface area contributed by atoms with Crippen molar-refractivity contribution in [3.05, 3.63) is 0 Å². The molecule has 0 aliphatic heterocycles. The second kappa shape index (κ2) is 5.88. The van der Waals surface area contributed by atoms with Crippen LogP contribution >= 0.6 is 0 Å². The van der Waals surface area contributed by atoms with Gasteiger partial charge in [0.2, 0.25) is 5.91 Å². The van der Waals surface area contributed by atoms with E-state index in [2.05, 4.69) is 11.8 Å². The smallest absolute Gasteiger partial charge is 0.225 e. The third-order valence-corrected chi connectivity index (χ3v) is 6.28. The molecule has 120 valence electrons. The Hall–Kier alpha value is -0.610. The summed E-state index contributed by atoms with van der Waals surface area (Å²) in [5, 5.41) is 0. The van der Waals surface area contributed by atoms with Gasteiger partial charge in [0.05, 0.1) is 6.10 Å². The fourth-order valence-corrected chi connectivity index (χ4v) is 5.08. The van der Waals surface area contributed by atoms with Gasteiger partial charge in [-0.2, -0.15) is 0 Å². The molecule has 4 heteroatoms. The first-order chi connectivity index (χ1) is 10.1. The summed E-state index contributed by atoms with van der Waals surface area (Å²) in [6, 6.07) is 0.617. The molecule has 4 unspecified atom stereocenters. The van der Waals surface area contributed by atoms with Gasteiger partial charge in [-0.25, -0.2) is 0 Å². The fraction of sp³-hybridized carbons (Fsp3) is 0.941. The highest BCUT2D eigenvalue weighted by Gasteiger charge is 2.59. The number of rotatable bonds is 4. The highest BCUT2D eigenvalue weighted by Crippen LogP contribution is 2.56. The zero-order chi connectivity index (χ0) is 15.0. The molecule has 0 heterocycles. The molecule has 3 aliphatic carbocycles. The van der Waals surface area contributed by atoms with Crippen molar-refractivity contribution in [3.8, 4) is 0 Å². The van der Waals surface area contributed by atoms with Crippen molar-refractivity contribution in [1.82, 2.24) is 4.90 Å². The van der Waals surface area contributed by atoms with E-state index in [0.717, 1.165) is 32.3 Å². The highest BCUT2D eigenvalue weighted by atomic mass is 16.5. The van der Waals surface area contributed by atoms with Gasteiger partial charge in [-0.15, -0.1) is 0 Å². The van der Waals surface area contributed by atoms with Gasteiger partial charge < -0.3 is 15.4 Å². The van der Waals surface area contributed by atoms with Crippen LogP contribution in [0, 0.1) is 11.3 Å². The molecule has 1 spiro atoms. The van der Waals surface area contributed by atoms with Crippen molar-refractivity contribution < 1.29 is 9.53 Å². The third kappa shape index (κ3) is 2.50. The molecule has 0 aromatic heterocycles. The zero-order valence-corrected chi connectivity index (χ0v) is 13.5. The molecule has 4 atom stereocenters. The Morgan fingerprint density at radius 3 is 2.57 bits per heavy atom. The van der Waals surface area contributed by atoms with E-state index < -0.39 is 0 Å². The predicted octanol–water partition coefficient (Wildman–Crippen LogP) is 2.31. The zero-order valence-electron chi connectivity index (χ0n) is 13.5. The number of amides is 1. The lowest BCUT2D eigenvalue weighted by molar-refractivity contribution is -0.174. The lowest BCUT2D eigenvalue weighted by Crippen LogP contribution is -2.64. The molecule has 4 nitrogen and oxygen atoms in total. The summed E-state index contributed by atoms with van der Waals surface area (Å²) in [4.78, 5) is 14.8. The molecule has 3 rings (SSSR count). The Morgan fingerprint density at radius 1 is 1.29 bits per heavy atom. The van der Waals surface area contributed by atoms with Gasteiger partial charge in [0.1, 0.15) is 0 Å². The Kier molecular flexibility index (Phi) is 4.28. The average molecular weight is 294 g/mol. The molecule has 2 N–H and O–H groups in total. The summed E-state index contributed by atoms with van der Waals surface area (Å²) in [5.74, 6) is 0.490. The monoisotopic (exact) mass is 294 g/mol. The predicted molar refractivity (Wildman–Crippen MR) is 82.8 cm³/mol. The average Bonchev–Trinajstić information content (AvgIpc) is 3.11. The van der Waals surface area contributed by atoms with Crippen molar-refractivity contribution in [2.75, 3.05) is 13.7 Å². The molecule has 1 amide bonds. The van der Waals surface area contributed by atoms with E-state index in [9.17, 15) is 4.79 Å². The van der Waals surface area contributed by atoms with Gasteiger partial charge in [0.25, 0.3) is 0 Å². The van der Waals surface area contributed by atoms with Crippen molar-refractivity contribution in [1.29, 1.82) is 0 Å². The van der Waals surface area contributed by atoms with Gasteiger partial charge in [-0.05, 0) is 45.4 Å². The SMILES string of the molecule is CCOC1CC(N(C)C(=O)C2CCC(N)C2)C12CCCC2. The van der Waals surface area contributed by atoms with Gasteiger partial charge in [0, 0.05) is 37.1 Å². The van der Waals surface area contributed by atoms with Gasteiger partial charge >= 0.3 is 0 Å². The Bertz CT molecular complexity index is 392. The molecule has 0 saturated heterocycles. The maximum atomic E-state index is 12.8. The summed E-state index contributed by atoms with van der Waals surface area (Å²) in [6.45, 7) is 2.86. The van der Waals surface area contributed by atoms with Crippen LogP contribution in [-0.2, 0) is 9.53 Å². The number of carbonyl (C=O) groups excluding carboxylic acids is 1. The standard InChI is InChI=1S/C17H30N2O2/c1-3-21-15-11-14(17(15)8-4-5-9-17)19(2)16(20)12-6-7-13(18)10-12/h12-15H,3-11,18H2,1-2H3. The van der Waals surface area contributed by atoms with Crippen LogP contribution in [0.5, 0.6) is 0 Å². The Labute approximate surface area is 128 Å². The van der Waals surface area contributed by atoms with Crippen LogP contribution in [0.3, 0.4) is 0 Å². The van der Waals surface area contributed by atoms with Crippen molar-refractivity contribution in [2.24, 2.45) is 17.1 Å². The minimum atomic E-state index is 0.162. The second-order valence-electron chi connectivity index (χ2n) is 7.35. The molecule has 0 bridgehead atoms. The summed E-state index contributed by atoms with van der Waals surface area (Å²) < 4.78 is 5.96. The van der Waals surface area contributed by atoms with Crippen molar-refractivity contribution in [2.45, 2.75) is 76.5 Å². The van der Waals surface area contributed by atoms with Crippen molar-refractivity contribution >= 4 is 5.91 Å². The summed E-state index contributed by atoms with van der Waals surface area (Å²) in [6.07, 6.45) is 9.27. The largest absolute Gasteiger partial charge is 0.378 e. The highest BCUT2D eigenvalue weighted by molar-refractivity contribution is 5.79. The van der Waals surface area contributed by atoms with E-state index in [1.807, 2.05) is 7.05 Å². The molecule has 3 fully saturated rings. The molecular weight excluding hydrogens is 264 g/mol.